The fourth-order valence-corrected chi connectivity index (χ4v) is 2.99. The first-order valence-corrected chi connectivity index (χ1v) is 7.46. The van der Waals surface area contributed by atoms with E-state index in [0.717, 1.165) is 6.92 Å². The van der Waals surface area contributed by atoms with E-state index < -0.39 is 26.8 Å². The van der Waals surface area contributed by atoms with Crippen LogP contribution in [0.3, 0.4) is 0 Å². The van der Waals surface area contributed by atoms with Gasteiger partial charge in [-0.3, -0.25) is 9.48 Å². The number of aryl methyl sites for hydroxylation is 2. The van der Waals surface area contributed by atoms with Crippen LogP contribution in [0.2, 0.25) is 5.02 Å². The van der Waals surface area contributed by atoms with Gasteiger partial charge in [0.15, 0.2) is 15.1 Å². The molecule has 0 fully saturated rings. The highest BCUT2D eigenvalue weighted by molar-refractivity contribution is 7.91. The molecule has 1 aromatic rings. The lowest BCUT2D eigenvalue weighted by Crippen LogP contribution is -2.28. The molecule has 0 saturated heterocycles. The van der Waals surface area contributed by atoms with Crippen molar-refractivity contribution < 1.29 is 18.3 Å². The van der Waals surface area contributed by atoms with Gasteiger partial charge in [0.25, 0.3) is 0 Å². The smallest absolute Gasteiger partial charge is 0.321 e. The Morgan fingerprint density at radius 3 is 2.56 bits per heavy atom. The Morgan fingerprint density at radius 2 is 2.11 bits per heavy atom. The van der Waals surface area contributed by atoms with E-state index in [2.05, 4.69) is 5.10 Å². The van der Waals surface area contributed by atoms with Crippen molar-refractivity contribution >= 4 is 27.4 Å². The summed E-state index contributed by atoms with van der Waals surface area (Å²) in [5.74, 6) is -1.79. The molecular weight excluding hydrogens is 280 g/mol. The highest BCUT2D eigenvalue weighted by Gasteiger charge is 2.30. The predicted molar refractivity (Wildman–Crippen MR) is 67.4 cm³/mol. The summed E-state index contributed by atoms with van der Waals surface area (Å²) in [5, 5.41) is 11.7. The molecule has 0 radical (unpaired) electrons. The topological polar surface area (TPSA) is 89.3 Å². The van der Waals surface area contributed by atoms with Crippen molar-refractivity contribution in [2.75, 3.05) is 0 Å². The maximum absolute atomic E-state index is 11.9. The van der Waals surface area contributed by atoms with Gasteiger partial charge in [-0.15, -0.1) is 0 Å². The number of halogens is 1. The average molecular weight is 295 g/mol. The first-order chi connectivity index (χ1) is 8.20. The monoisotopic (exact) mass is 294 g/mol. The molecule has 102 valence electrons. The van der Waals surface area contributed by atoms with Gasteiger partial charge in [0.05, 0.1) is 22.2 Å². The first-order valence-electron chi connectivity index (χ1n) is 5.36. The number of sulfone groups is 1. The van der Waals surface area contributed by atoms with Crippen molar-refractivity contribution in [3.8, 4) is 0 Å². The fraction of sp³-hybridized carbons (Fsp3) is 0.600. The van der Waals surface area contributed by atoms with Gasteiger partial charge in [0.2, 0.25) is 0 Å². The largest absolute Gasteiger partial charge is 0.480 e. The maximum Gasteiger partial charge on any atom is 0.321 e. The van der Waals surface area contributed by atoms with Gasteiger partial charge in [-0.2, -0.15) is 5.10 Å². The van der Waals surface area contributed by atoms with Crippen molar-refractivity contribution in [3.05, 3.63) is 16.4 Å². The van der Waals surface area contributed by atoms with Gasteiger partial charge in [-0.25, -0.2) is 8.42 Å². The summed E-state index contributed by atoms with van der Waals surface area (Å²) in [5.41, 5.74) is 0.872. The number of hydrogen-bond acceptors (Lipinski definition) is 4. The molecule has 0 spiro atoms. The molecule has 0 aliphatic heterocycles. The lowest BCUT2D eigenvalue weighted by atomic mass is 10.4. The van der Waals surface area contributed by atoms with Crippen LogP contribution in [0.25, 0.3) is 0 Å². The zero-order valence-corrected chi connectivity index (χ0v) is 11.9. The molecule has 6 nitrogen and oxygen atoms in total. The summed E-state index contributed by atoms with van der Waals surface area (Å²) in [4.78, 5) is 10.7. The van der Waals surface area contributed by atoms with Gasteiger partial charge in [-0.05, 0) is 20.8 Å². The van der Waals surface area contributed by atoms with E-state index in [0.29, 0.717) is 17.9 Å². The van der Waals surface area contributed by atoms with Crippen LogP contribution in [-0.4, -0.2) is 34.5 Å². The van der Waals surface area contributed by atoms with Crippen LogP contribution in [0, 0.1) is 6.92 Å². The zero-order valence-electron chi connectivity index (χ0n) is 10.3. The van der Waals surface area contributed by atoms with Gasteiger partial charge < -0.3 is 5.11 Å². The van der Waals surface area contributed by atoms with E-state index in [1.165, 1.54) is 4.68 Å². The number of carboxylic acid groups (broad SMARTS) is 1. The molecule has 1 aromatic heterocycles. The molecule has 8 heteroatoms. The first kappa shape index (κ1) is 15.0. The maximum atomic E-state index is 11.9. The van der Waals surface area contributed by atoms with E-state index >= 15 is 0 Å². The van der Waals surface area contributed by atoms with Gasteiger partial charge in [-0.1, -0.05) is 11.6 Å². The molecule has 0 bridgehead atoms. The summed E-state index contributed by atoms with van der Waals surface area (Å²) < 4.78 is 25.3. The second-order valence-electron chi connectivity index (χ2n) is 3.95. The molecule has 0 amide bonds. The fourth-order valence-electron chi connectivity index (χ4n) is 1.48. The number of carboxylic acids is 1. The van der Waals surface area contributed by atoms with Crippen molar-refractivity contribution in [2.45, 2.75) is 38.3 Å². The molecule has 18 heavy (non-hydrogen) atoms. The lowest BCUT2D eigenvalue weighted by Gasteiger charge is -2.10. The minimum absolute atomic E-state index is 0.276. The van der Waals surface area contributed by atoms with Crippen molar-refractivity contribution in [3.63, 3.8) is 0 Å². The Kier molecular flexibility index (Phi) is 4.39. The third-order valence-electron chi connectivity index (χ3n) is 2.68. The Balaban J connectivity index is 3.16. The molecule has 1 atom stereocenters. The van der Waals surface area contributed by atoms with Crippen LogP contribution < -0.4 is 0 Å². The van der Waals surface area contributed by atoms with Crippen molar-refractivity contribution in [1.29, 1.82) is 0 Å². The molecule has 1 heterocycles. The number of rotatable bonds is 5. The standard InChI is InChI=1S/C10H15ClN2O4S/c1-4-13-8(9(11)6(2)12-13)5-18(16,17)7(3)10(14)15/h7H,4-5H2,1-3H3,(H,14,15). The van der Waals surface area contributed by atoms with E-state index in [1.54, 1.807) is 13.8 Å². The van der Waals surface area contributed by atoms with E-state index in [-0.39, 0.29) is 5.02 Å². The van der Waals surface area contributed by atoms with Crippen LogP contribution in [0.4, 0.5) is 0 Å². The number of hydrogen-bond donors (Lipinski definition) is 1. The third kappa shape index (κ3) is 2.84. The molecule has 0 saturated carbocycles. The SMILES string of the molecule is CCn1nc(C)c(Cl)c1CS(=O)(=O)C(C)C(=O)O. The van der Waals surface area contributed by atoms with Crippen LogP contribution in [0.5, 0.6) is 0 Å². The van der Waals surface area contributed by atoms with Gasteiger partial charge in [0.1, 0.15) is 0 Å². The normalized spacial score (nSPS) is 13.6. The molecular formula is C10H15ClN2O4S. The highest BCUT2D eigenvalue weighted by atomic mass is 35.5. The molecule has 1 N–H and O–H groups in total. The summed E-state index contributed by atoms with van der Waals surface area (Å²) in [6, 6.07) is 0. The molecule has 0 aromatic carbocycles. The molecule has 1 unspecified atom stereocenters. The average Bonchev–Trinajstić information content (AvgIpc) is 2.55. The van der Waals surface area contributed by atoms with E-state index in [1.807, 2.05) is 0 Å². The minimum Gasteiger partial charge on any atom is -0.480 e. The number of carbonyl (C=O) groups is 1. The van der Waals surface area contributed by atoms with Gasteiger partial charge in [0, 0.05) is 6.54 Å². The Labute approximate surface area is 110 Å². The summed E-state index contributed by atoms with van der Waals surface area (Å²) in [6.07, 6.45) is 0. The minimum atomic E-state index is -3.80. The van der Waals surface area contributed by atoms with E-state index in [9.17, 15) is 13.2 Å². The van der Waals surface area contributed by atoms with Crippen molar-refractivity contribution in [1.82, 2.24) is 9.78 Å². The lowest BCUT2D eigenvalue weighted by molar-refractivity contribution is -0.136. The van der Waals surface area contributed by atoms with Crippen LogP contribution in [0.1, 0.15) is 25.2 Å². The highest BCUT2D eigenvalue weighted by Crippen LogP contribution is 2.23. The molecule has 0 aliphatic rings. The van der Waals surface area contributed by atoms with Crippen LogP contribution in [0.15, 0.2) is 0 Å². The van der Waals surface area contributed by atoms with Crippen LogP contribution in [-0.2, 0) is 26.9 Å². The number of aromatic nitrogens is 2. The summed E-state index contributed by atoms with van der Waals surface area (Å²) >= 11 is 5.99. The summed E-state index contributed by atoms with van der Waals surface area (Å²) in [7, 11) is -3.80. The molecule has 0 aliphatic carbocycles. The predicted octanol–water partition coefficient (Wildman–Crippen LogP) is 1.25. The van der Waals surface area contributed by atoms with Crippen molar-refractivity contribution in [2.24, 2.45) is 0 Å². The quantitative estimate of drug-likeness (QED) is 0.883. The third-order valence-corrected chi connectivity index (χ3v) is 5.12. The second kappa shape index (κ2) is 5.27. The Bertz CT molecular complexity index is 565. The number of aliphatic carboxylic acids is 1. The number of nitrogens with zero attached hydrogens (tertiary/aromatic N) is 2. The second-order valence-corrected chi connectivity index (χ2v) is 6.65. The molecule has 1 rings (SSSR count). The Hall–Kier alpha value is -1.08. The summed E-state index contributed by atoms with van der Waals surface area (Å²) in [6.45, 7) is 5.09. The van der Waals surface area contributed by atoms with Crippen LogP contribution >= 0.6 is 11.6 Å². The zero-order chi connectivity index (χ0) is 14.1. The van der Waals surface area contributed by atoms with E-state index in [4.69, 9.17) is 16.7 Å². The Morgan fingerprint density at radius 1 is 1.56 bits per heavy atom. The van der Waals surface area contributed by atoms with Gasteiger partial charge >= 0.3 is 5.97 Å².